The Labute approximate surface area is 243 Å². The van der Waals surface area contributed by atoms with Gasteiger partial charge in [-0.05, 0) is 30.2 Å². The van der Waals surface area contributed by atoms with E-state index in [0.29, 0.717) is 34.0 Å². The Bertz CT molecular complexity index is 1510. The highest BCUT2D eigenvalue weighted by Gasteiger charge is 2.35. The van der Waals surface area contributed by atoms with E-state index in [1.54, 1.807) is 23.9 Å². The number of para-hydroxylation sites is 1. The third-order valence-electron chi connectivity index (χ3n) is 6.78. The molecule has 0 aromatic heterocycles. The third-order valence-corrected chi connectivity index (χ3v) is 8.01. The smallest absolute Gasteiger partial charge is 0.276 e. The topological polar surface area (TPSA) is 75.5 Å². The van der Waals surface area contributed by atoms with Gasteiger partial charge in [-0.3, -0.25) is 15.1 Å². The van der Waals surface area contributed by atoms with Crippen LogP contribution in [0.5, 0.6) is 11.5 Å². The monoisotopic (exact) mass is 576 g/mol. The Balaban J connectivity index is 1.46. The minimum Gasteiger partial charge on any atom is -0.493 e. The molecule has 1 amide bonds. The van der Waals surface area contributed by atoms with Gasteiger partial charge < -0.3 is 9.47 Å². The molecule has 208 valence electrons. The van der Waals surface area contributed by atoms with Crippen molar-refractivity contribution in [2.75, 3.05) is 12.9 Å². The second-order valence-corrected chi connectivity index (χ2v) is 11.1. The van der Waals surface area contributed by atoms with Gasteiger partial charge in [0.2, 0.25) is 0 Å². The number of unbranched alkanes of at least 4 members (excludes halogenated alkanes) is 4. The second kappa shape index (κ2) is 13.2. The minimum atomic E-state index is -0.606. The number of nitrogens with zero attached hydrogens (tertiary/aromatic N) is 3. The molecular formula is C31H33ClN4O3S. The number of hydrazone groups is 1. The van der Waals surface area contributed by atoms with Crippen LogP contribution in [-0.2, 0) is 11.4 Å². The number of nitrogens with one attached hydrogen (secondary N) is 1. The van der Waals surface area contributed by atoms with E-state index in [1.807, 2.05) is 66.7 Å². The first-order valence-electron chi connectivity index (χ1n) is 13.6. The predicted octanol–water partition coefficient (Wildman–Crippen LogP) is 5.77. The van der Waals surface area contributed by atoms with Crippen molar-refractivity contribution in [3.8, 4) is 11.5 Å². The van der Waals surface area contributed by atoms with Crippen LogP contribution < -0.4 is 25.4 Å². The lowest BCUT2D eigenvalue weighted by atomic mass is 10.1. The fourth-order valence-corrected chi connectivity index (χ4v) is 5.87. The Morgan fingerprint density at radius 1 is 1.02 bits per heavy atom. The quantitative estimate of drug-likeness (QED) is 0.293. The van der Waals surface area contributed by atoms with E-state index in [0.717, 1.165) is 33.9 Å². The van der Waals surface area contributed by atoms with Crippen LogP contribution in [0.25, 0.3) is 5.70 Å². The highest BCUT2D eigenvalue weighted by atomic mass is 35.5. The van der Waals surface area contributed by atoms with Crippen LogP contribution in [0.2, 0.25) is 5.02 Å². The molecule has 9 heteroatoms. The first-order valence-corrected chi connectivity index (χ1v) is 15.0. The highest BCUT2D eigenvalue weighted by Crippen LogP contribution is 2.41. The van der Waals surface area contributed by atoms with Crippen LogP contribution in [0.3, 0.4) is 0 Å². The zero-order valence-electron chi connectivity index (χ0n) is 22.7. The first kappa shape index (κ1) is 28.1. The number of methoxy groups -OCH3 is 1. The molecule has 5 rings (SSSR count). The highest BCUT2D eigenvalue weighted by molar-refractivity contribution is 8.13. The number of amides is 1. The lowest BCUT2D eigenvalue weighted by Gasteiger charge is -2.34. The number of halogens is 1. The van der Waals surface area contributed by atoms with Crippen molar-refractivity contribution in [3.63, 3.8) is 0 Å². The Morgan fingerprint density at radius 2 is 1.80 bits per heavy atom. The molecule has 3 aromatic rings. The van der Waals surface area contributed by atoms with Crippen molar-refractivity contribution in [2.24, 2.45) is 10.1 Å². The van der Waals surface area contributed by atoms with E-state index in [2.05, 4.69) is 12.2 Å². The molecule has 3 aromatic carbocycles. The van der Waals surface area contributed by atoms with Gasteiger partial charge in [-0.1, -0.05) is 105 Å². The molecule has 0 unspecified atom stereocenters. The van der Waals surface area contributed by atoms with Crippen LogP contribution >= 0.6 is 23.4 Å². The summed E-state index contributed by atoms with van der Waals surface area (Å²) in [6, 6.07) is 21.1. The molecule has 2 heterocycles. The van der Waals surface area contributed by atoms with Gasteiger partial charge in [-0.15, -0.1) is 5.10 Å². The van der Waals surface area contributed by atoms with Gasteiger partial charge in [0, 0.05) is 16.5 Å². The van der Waals surface area contributed by atoms with E-state index in [9.17, 15) is 4.79 Å². The van der Waals surface area contributed by atoms with Gasteiger partial charge >= 0.3 is 0 Å². The lowest BCUT2D eigenvalue weighted by Crippen LogP contribution is -2.50. The third kappa shape index (κ3) is 6.29. The van der Waals surface area contributed by atoms with E-state index >= 15 is 0 Å². The van der Waals surface area contributed by atoms with Crippen LogP contribution in [0.15, 0.2) is 76.8 Å². The fourth-order valence-electron chi connectivity index (χ4n) is 4.74. The number of ether oxygens (including phenoxy) is 2. The van der Waals surface area contributed by atoms with Crippen LogP contribution in [0, 0.1) is 0 Å². The van der Waals surface area contributed by atoms with Crippen molar-refractivity contribution in [2.45, 2.75) is 51.8 Å². The molecule has 7 nitrogen and oxygen atoms in total. The Morgan fingerprint density at radius 3 is 2.60 bits per heavy atom. The van der Waals surface area contributed by atoms with Crippen LogP contribution in [0.1, 0.15) is 56.3 Å². The summed E-state index contributed by atoms with van der Waals surface area (Å²) in [5, 5.41) is 12.0. The summed E-state index contributed by atoms with van der Waals surface area (Å²) in [7, 11) is 1.58. The number of hydrogen-bond donors (Lipinski definition) is 1. The summed E-state index contributed by atoms with van der Waals surface area (Å²) in [5.41, 5.74) is 2.22. The molecule has 2 aliphatic heterocycles. The number of rotatable bonds is 11. The summed E-state index contributed by atoms with van der Waals surface area (Å²) in [6.45, 7) is 2.56. The Kier molecular flexibility index (Phi) is 9.29. The molecule has 0 saturated carbocycles. The number of carbonyl (C=O) groups excluding carboxylic acids is 1. The molecule has 0 radical (unpaired) electrons. The van der Waals surface area contributed by atoms with Crippen molar-refractivity contribution < 1.29 is 14.3 Å². The van der Waals surface area contributed by atoms with E-state index in [4.69, 9.17) is 31.2 Å². The molecule has 40 heavy (non-hydrogen) atoms. The predicted molar refractivity (Wildman–Crippen MR) is 161 cm³/mol. The number of benzene rings is 3. The van der Waals surface area contributed by atoms with Crippen molar-refractivity contribution in [3.05, 3.63) is 93.5 Å². The number of fused-ring (bicyclic) bond motifs is 2. The van der Waals surface area contributed by atoms with E-state index in [1.165, 1.54) is 25.7 Å². The van der Waals surface area contributed by atoms with Gasteiger partial charge in [0.05, 0.1) is 17.5 Å². The molecule has 0 aliphatic carbocycles. The van der Waals surface area contributed by atoms with Gasteiger partial charge in [0.1, 0.15) is 12.3 Å². The molecule has 1 N–H and O–H groups in total. The van der Waals surface area contributed by atoms with Crippen molar-refractivity contribution >= 4 is 40.1 Å². The molecule has 0 bridgehead atoms. The van der Waals surface area contributed by atoms with Crippen molar-refractivity contribution in [1.82, 2.24) is 10.3 Å². The maximum Gasteiger partial charge on any atom is 0.276 e. The number of carbonyl (C=O) groups is 1. The summed E-state index contributed by atoms with van der Waals surface area (Å²) in [6.07, 6.45) is 5.33. The standard InChI is InChI=1S/C31H33ClN4O3S/c1-3-4-5-6-12-17-40-31-34-30(37)27-23-15-10-11-16-25(23)33-29(36(27)35-31)22-18-24(32)28(26(19-22)38-2)39-20-21-13-8-7-9-14-21/h7-11,13-16,18-19,29H,3-6,12,17,20H2,1-2H3,(H,34,35,37)/t29-/m0/s1. The fraction of sp³-hybridized carbons (Fsp3) is 0.323. The largest absolute Gasteiger partial charge is 0.493 e. The first-order chi connectivity index (χ1) is 19.6. The van der Waals surface area contributed by atoms with Crippen LogP contribution in [-0.4, -0.2) is 28.9 Å². The average molecular weight is 577 g/mol. The Hall–Kier alpha value is -3.49. The summed E-state index contributed by atoms with van der Waals surface area (Å²) < 4.78 is 11.8. The zero-order chi connectivity index (χ0) is 27.9. The lowest BCUT2D eigenvalue weighted by molar-refractivity contribution is -0.116. The van der Waals surface area contributed by atoms with E-state index in [-0.39, 0.29) is 5.91 Å². The molecule has 0 spiro atoms. The van der Waals surface area contributed by atoms with E-state index < -0.39 is 6.17 Å². The summed E-state index contributed by atoms with van der Waals surface area (Å²) in [4.78, 5) is 18.4. The molecule has 2 aliphatic rings. The normalized spacial score (nSPS) is 15.9. The summed E-state index contributed by atoms with van der Waals surface area (Å²) in [5.74, 6) is 1.63. The molecule has 0 saturated heterocycles. The molecule has 0 fully saturated rings. The molecule has 1 atom stereocenters. The number of hydrogen-bond acceptors (Lipinski definition) is 7. The minimum absolute atomic E-state index is 0.197. The van der Waals surface area contributed by atoms with Gasteiger partial charge in [0.15, 0.2) is 22.8 Å². The number of amidine groups is 1. The summed E-state index contributed by atoms with van der Waals surface area (Å²) >= 11 is 8.32. The van der Waals surface area contributed by atoms with Gasteiger partial charge in [-0.25, -0.2) is 5.01 Å². The van der Waals surface area contributed by atoms with Gasteiger partial charge in [0.25, 0.3) is 5.91 Å². The van der Waals surface area contributed by atoms with Crippen molar-refractivity contribution in [1.29, 1.82) is 0 Å². The molecular weight excluding hydrogens is 544 g/mol. The maximum atomic E-state index is 13.4. The van der Waals surface area contributed by atoms with Gasteiger partial charge in [-0.2, -0.15) is 0 Å². The zero-order valence-corrected chi connectivity index (χ0v) is 24.3. The van der Waals surface area contributed by atoms with Crippen LogP contribution in [0.4, 0.5) is 0 Å². The number of thioether (sulfide) groups is 1. The second-order valence-electron chi connectivity index (χ2n) is 9.64. The SMILES string of the molecule is CCCCCCCSC1=NN2C(=c3ccccc3=N[C@@H]2c2cc(Cl)c(OCc3ccccc3)c(OC)c2)C(=O)N1. The maximum absolute atomic E-state index is 13.4. The average Bonchev–Trinajstić information content (AvgIpc) is 2.98.